The lowest BCUT2D eigenvalue weighted by molar-refractivity contribution is 0.0950. The first-order valence-corrected chi connectivity index (χ1v) is 8.39. The standard InChI is InChI=1S/C21H19N3O3/c1-27-18-9-4-7-15(12-18)21(26)24-19-10-3-2-6-16(19)14-23-20(25)17-8-5-11-22-13-17/h2-13H,14H2,1H3,(H,23,25)(H,24,26). The largest absolute Gasteiger partial charge is 0.497 e. The molecule has 2 amide bonds. The lowest BCUT2D eigenvalue weighted by Crippen LogP contribution is -2.24. The average molecular weight is 361 g/mol. The molecule has 0 saturated carbocycles. The molecule has 0 atom stereocenters. The Morgan fingerprint density at radius 1 is 0.963 bits per heavy atom. The van der Waals surface area contributed by atoms with E-state index in [1.807, 2.05) is 18.2 Å². The second-order valence-electron chi connectivity index (χ2n) is 5.77. The van der Waals surface area contributed by atoms with Gasteiger partial charge in [-0.3, -0.25) is 14.6 Å². The zero-order valence-corrected chi connectivity index (χ0v) is 14.8. The molecule has 0 radical (unpaired) electrons. The van der Waals surface area contributed by atoms with Crippen LogP contribution in [0.15, 0.2) is 73.1 Å². The zero-order valence-electron chi connectivity index (χ0n) is 14.8. The Hall–Kier alpha value is -3.67. The summed E-state index contributed by atoms with van der Waals surface area (Å²) in [4.78, 5) is 28.7. The van der Waals surface area contributed by atoms with Crippen molar-refractivity contribution in [1.82, 2.24) is 10.3 Å². The summed E-state index contributed by atoms with van der Waals surface area (Å²) in [5.74, 6) is 0.136. The fourth-order valence-electron chi connectivity index (χ4n) is 2.53. The summed E-state index contributed by atoms with van der Waals surface area (Å²) in [6, 6.07) is 17.6. The SMILES string of the molecule is COc1cccc(C(=O)Nc2ccccc2CNC(=O)c2cccnc2)c1. The first-order chi connectivity index (χ1) is 13.2. The van der Waals surface area contributed by atoms with E-state index in [0.29, 0.717) is 22.6 Å². The van der Waals surface area contributed by atoms with Gasteiger partial charge in [0.25, 0.3) is 11.8 Å². The van der Waals surface area contributed by atoms with Gasteiger partial charge >= 0.3 is 0 Å². The minimum Gasteiger partial charge on any atom is -0.497 e. The number of carbonyl (C=O) groups excluding carboxylic acids is 2. The highest BCUT2D eigenvalue weighted by Crippen LogP contribution is 2.18. The third kappa shape index (κ3) is 4.70. The van der Waals surface area contributed by atoms with Gasteiger partial charge in [0.2, 0.25) is 0 Å². The summed E-state index contributed by atoms with van der Waals surface area (Å²) in [6.45, 7) is 0.280. The summed E-state index contributed by atoms with van der Waals surface area (Å²) in [7, 11) is 1.55. The summed E-state index contributed by atoms with van der Waals surface area (Å²) in [5, 5.41) is 5.72. The molecule has 0 aliphatic heterocycles. The number of hydrogen-bond acceptors (Lipinski definition) is 4. The van der Waals surface area contributed by atoms with E-state index in [1.165, 1.54) is 6.20 Å². The molecule has 6 nitrogen and oxygen atoms in total. The minimum absolute atomic E-state index is 0.225. The van der Waals surface area contributed by atoms with Crippen LogP contribution in [0.1, 0.15) is 26.3 Å². The van der Waals surface area contributed by atoms with Crippen molar-refractivity contribution in [3.05, 3.63) is 89.7 Å². The van der Waals surface area contributed by atoms with Crippen molar-refractivity contribution in [2.45, 2.75) is 6.54 Å². The van der Waals surface area contributed by atoms with Crippen molar-refractivity contribution in [3.63, 3.8) is 0 Å². The number of para-hydroxylation sites is 1. The smallest absolute Gasteiger partial charge is 0.255 e. The normalized spacial score (nSPS) is 10.1. The summed E-state index contributed by atoms with van der Waals surface area (Å²) in [6.07, 6.45) is 3.12. The van der Waals surface area contributed by atoms with Crippen LogP contribution >= 0.6 is 0 Å². The molecule has 0 saturated heterocycles. The second kappa shape index (κ2) is 8.62. The highest BCUT2D eigenvalue weighted by molar-refractivity contribution is 6.05. The van der Waals surface area contributed by atoms with Crippen LogP contribution in [0.3, 0.4) is 0 Å². The molecule has 3 rings (SSSR count). The van der Waals surface area contributed by atoms with E-state index < -0.39 is 0 Å². The van der Waals surface area contributed by atoms with Gasteiger partial charge in [0.05, 0.1) is 12.7 Å². The molecule has 0 bridgehead atoms. The Bertz CT molecular complexity index is 942. The highest BCUT2D eigenvalue weighted by atomic mass is 16.5. The van der Waals surface area contributed by atoms with Crippen molar-refractivity contribution in [3.8, 4) is 5.75 Å². The Labute approximate surface area is 157 Å². The van der Waals surface area contributed by atoms with Gasteiger partial charge < -0.3 is 15.4 Å². The number of anilines is 1. The third-order valence-electron chi connectivity index (χ3n) is 3.96. The molecule has 1 heterocycles. The number of nitrogens with one attached hydrogen (secondary N) is 2. The molecule has 136 valence electrons. The van der Waals surface area contributed by atoms with E-state index in [1.54, 1.807) is 55.8 Å². The van der Waals surface area contributed by atoms with E-state index in [2.05, 4.69) is 15.6 Å². The third-order valence-corrected chi connectivity index (χ3v) is 3.96. The molecule has 0 aliphatic carbocycles. The lowest BCUT2D eigenvalue weighted by atomic mass is 10.1. The minimum atomic E-state index is -0.250. The van der Waals surface area contributed by atoms with Gasteiger partial charge in [0.15, 0.2) is 0 Å². The number of hydrogen-bond donors (Lipinski definition) is 2. The van der Waals surface area contributed by atoms with E-state index >= 15 is 0 Å². The zero-order chi connectivity index (χ0) is 19.1. The summed E-state index contributed by atoms with van der Waals surface area (Å²) in [5.41, 5.74) is 2.40. The van der Waals surface area contributed by atoms with Gasteiger partial charge in [-0.25, -0.2) is 0 Å². The van der Waals surface area contributed by atoms with Crippen LogP contribution in [0, 0.1) is 0 Å². The van der Waals surface area contributed by atoms with Crippen molar-refractivity contribution < 1.29 is 14.3 Å². The van der Waals surface area contributed by atoms with Crippen LogP contribution in [-0.2, 0) is 6.54 Å². The predicted octanol–water partition coefficient (Wildman–Crippen LogP) is 3.27. The topological polar surface area (TPSA) is 80.3 Å². The average Bonchev–Trinajstić information content (AvgIpc) is 2.73. The van der Waals surface area contributed by atoms with Crippen LogP contribution in [0.2, 0.25) is 0 Å². The maximum atomic E-state index is 12.5. The molecule has 1 aromatic heterocycles. The monoisotopic (exact) mass is 361 g/mol. The Morgan fingerprint density at radius 3 is 2.56 bits per heavy atom. The van der Waals surface area contributed by atoms with Gasteiger partial charge in [0.1, 0.15) is 5.75 Å². The Kier molecular flexibility index (Phi) is 5.79. The number of rotatable bonds is 6. The van der Waals surface area contributed by atoms with Gasteiger partial charge in [-0.15, -0.1) is 0 Å². The number of nitrogens with zero attached hydrogens (tertiary/aromatic N) is 1. The molecular weight excluding hydrogens is 342 g/mol. The van der Waals surface area contributed by atoms with Crippen LogP contribution in [-0.4, -0.2) is 23.9 Å². The van der Waals surface area contributed by atoms with Crippen molar-refractivity contribution >= 4 is 17.5 Å². The van der Waals surface area contributed by atoms with E-state index in [-0.39, 0.29) is 18.4 Å². The van der Waals surface area contributed by atoms with Crippen LogP contribution in [0.25, 0.3) is 0 Å². The predicted molar refractivity (Wildman–Crippen MR) is 103 cm³/mol. The van der Waals surface area contributed by atoms with Crippen LogP contribution in [0.5, 0.6) is 5.75 Å². The number of ether oxygens (including phenoxy) is 1. The number of amides is 2. The molecular formula is C21H19N3O3. The second-order valence-corrected chi connectivity index (χ2v) is 5.77. The molecule has 0 spiro atoms. The van der Waals surface area contributed by atoms with Crippen LogP contribution in [0.4, 0.5) is 5.69 Å². The lowest BCUT2D eigenvalue weighted by Gasteiger charge is -2.12. The molecule has 2 aromatic carbocycles. The fraction of sp³-hybridized carbons (Fsp3) is 0.0952. The first kappa shape index (κ1) is 18.1. The number of carbonyl (C=O) groups is 2. The molecule has 0 aliphatic rings. The first-order valence-electron chi connectivity index (χ1n) is 8.39. The summed E-state index contributed by atoms with van der Waals surface area (Å²) < 4.78 is 5.15. The molecule has 2 N–H and O–H groups in total. The quantitative estimate of drug-likeness (QED) is 0.706. The molecule has 6 heteroatoms. The number of aromatic nitrogens is 1. The van der Waals surface area contributed by atoms with Crippen molar-refractivity contribution in [2.75, 3.05) is 12.4 Å². The Balaban J connectivity index is 1.70. The number of pyridine rings is 1. The maximum absolute atomic E-state index is 12.5. The molecule has 3 aromatic rings. The number of methoxy groups -OCH3 is 1. The van der Waals surface area contributed by atoms with Crippen molar-refractivity contribution in [1.29, 1.82) is 0 Å². The van der Waals surface area contributed by atoms with E-state index in [9.17, 15) is 9.59 Å². The fourth-order valence-corrected chi connectivity index (χ4v) is 2.53. The van der Waals surface area contributed by atoms with Gasteiger partial charge in [-0.1, -0.05) is 24.3 Å². The molecule has 0 unspecified atom stereocenters. The van der Waals surface area contributed by atoms with Gasteiger partial charge in [-0.05, 0) is 42.0 Å². The van der Waals surface area contributed by atoms with E-state index in [0.717, 1.165) is 5.56 Å². The number of benzene rings is 2. The molecule has 27 heavy (non-hydrogen) atoms. The van der Waals surface area contributed by atoms with Gasteiger partial charge in [-0.2, -0.15) is 0 Å². The Morgan fingerprint density at radius 2 is 1.78 bits per heavy atom. The van der Waals surface area contributed by atoms with Crippen molar-refractivity contribution in [2.24, 2.45) is 0 Å². The molecule has 0 fully saturated rings. The maximum Gasteiger partial charge on any atom is 0.255 e. The van der Waals surface area contributed by atoms with Gasteiger partial charge in [0, 0.05) is 30.2 Å². The summed E-state index contributed by atoms with van der Waals surface area (Å²) >= 11 is 0. The van der Waals surface area contributed by atoms with Crippen LogP contribution < -0.4 is 15.4 Å². The highest BCUT2D eigenvalue weighted by Gasteiger charge is 2.11. The van der Waals surface area contributed by atoms with E-state index in [4.69, 9.17) is 4.74 Å².